The molecule has 0 saturated heterocycles. The maximum atomic E-state index is 13.5. The molecule has 186 valence electrons. The number of rotatable bonds is 7. The van der Waals surface area contributed by atoms with Crippen molar-refractivity contribution in [3.63, 3.8) is 0 Å². The summed E-state index contributed by atoms with van der Waals surface area (Å²) in [5.41, 5.74) is 5.08. The lowest BCUT2D eigenvalue weighted by Gasteiger charge is -2.39. The molecule has 3 aromatic heterocycles. The van der Waals surface area contributed by atoms with E-state index in [1.165, 1.54) is 0 Å². The van der Waals surface area contributed by atoms with Gasteiger partial charge in [-0.25, -0.2) is 9.97 Å². The van der Waals surface area contributed by atoms with Crippen LogP contribution in [0.4, 0.5) is 0 Å². The number of aryl methyl sites for hydroxylation is 2. The van der Waals surface area contributed by atoms with Gasteiger partial charge in [-0.3, -0.25) is 9.89 Å². The van der Waals surface area contributed by atoms with Gasteiger partial charge in [-0.1, -0.05) is 46.8 Å². The van der Waals surface area contributed by atoms with Crippen molar-refractivity contribution in [3.8, 4) is 11.4 Å². The monoisotopic (exact) mass is 491 g/mol. The van der Waals surface area contributed by atoms with E-state index in [0.717, 1.165) is 22.2 Å². The Bertz CT molecular complexity index is 1410. The second-order valence-corrected chi connectivity index (χ2v) is 16.8. The molecule has 0 atom stereocenters. The van der Waals surface area contributed by atoms with Crippen LogP contribution in [0.2, 0.25) is 18.1 Å². The van der Waals surface area contributed by atoms with Crippen molar-refractivity contribution in [2.75, 3.05) is 6.61 Å². The number of nitrogens with one attached hydrogen (secondary N) is 1. The smallest absolute Gasteiger partial charge is 0.192 e. The van der Waals surface area contributed by atoms with Gasteiger partial charge in [0.05, 0.1) is 17.3 Å². The van der Waals surface area contributed by atoms with Crippen LogP contribution in [0.25, 0.3) is 33.5 Å². The molecule has 1 aromatic carbocycles. The fraction of sp³-hybridized carbons (Fsp3) is 0.481. The predicted octanol–water partition coefficient (Wildman–Crippen LogP) is 6.44. The zero-order valence-electron chi connectivity index (χ0n) is 22.4. The molecule has 0 unspecified atom stereocenters. The lowest BCUT2D eigenvalue weighted by molar-refractivity contribution is 0.0869. The van der Waals surface area contributed by atoms with Gasteiger partial charge in [0.1, 0.15) is 16.9 Å². The molecule has 0 spiro atoms. The van der Waals surface area contributed by atoms with E-state index < -0.39 is 8.32 Å². The normalized spacial score (nSPS) is 13.2. The Morgan fingerprint density at radius 3 is 2.57 bits per heavy atom. The first-order valence-corrected chi connectivity index (χ1v) is 15.0. The Kier molecular flexibility index (Phi) is 6.26. The Morgan fingerprint density at radius 1 is 1.17 bits per heavy atom. The largest absolute Gasteiger partial charge is 0.416 e. The Morgan fingerprint density at radius 2 is 1.89 bits per heavy atom. The number of ketones is 1. The van der Waals surface area contributed by atoms with E-state index in [9.17, 15) is 4.79 Å². The minimum atomic E-state index is -1.90. The Hall–Kier alpha value is -2.84. The first-order valence-electron chi connectivity index (χ1n) is 12.1. The fourth-order valence-corrected chi connectivity index (χ4v) is 5.14. The minimum Gasteiger partial charge on any atom is -0.416 e. The SMILES string of the molecule is Cc1ccc2c(-c3cnc4c(n3)c(C(=O)CC(C)(C)CO[Si](C)(C)C(C)(C)C)cn4C)n[nH]c2c1. The summed E-state index contributed by atoms with van der Waals surface area (Å²) in [6.45, 7) is 18.0. The number of aromatic nitrogens is 5. The van der Waals surface area contributed by atoms with Crippen molar-refractivity contribution in [1.29, 1.82) is 0 Å². The van der Waals surface area contributed by atoms with Crippen molar-refractivity contribution >= 4 is 36.2 Å². The van der Waals surface area contributed by atoms with Crippen molar-refractivity contribution in [2.45, 2.75) is 66.1 Å². The predicted molar refractivity (Wildman–Crippen MR) is 144 cm³/mol. The van der Waals surface area contributed by atoms with Crippen LogP contribution in [-0.4, -0.2) is 45.4 Å². The van der Waals surface area contributed by atoms with Crippen LogP contribution in [0.3, 0.4) is 0 Å². The molecule has 8 heteroatoms. The van der Waals surface area contributed by atoms with Crippen LogP contribution in [0.1, 0.15) is 57.0 Å². The quantitative estimate of drug-likeness (QED) is 0.237. The third-order valence-electron chi connectivity index (χ3n) is 7.20. The number of H-pyrrole nitrogens is 1. The van der Waals surface area contributed by atoms with Gasteiger partial charge < -0.3 is 8.99 Å². The summed E-state index contributed by atoms with van der Waals surface area (Å²) in [5.74, 6) is 0.0494. The number of benzene rings is 1. The van der Waals surface area contributed by atoms with Gasteiger partial charge >= 0.3 is 0 Å². The van der Waals surface area contributed by atoms with E-state index in [4.69, 9.17) is 9.41 Å². The number of carbonyl (C=O) groups is 1. The molecular formula is C27H37N5O2Si. The van der Waals surface area contributed by atoms with Crippen LogP contribution in [0.5, 0.6) is 0 Å². The zero-order chi connectivity index (χ0) is 25.8. The Balaban J connectivity index is 1.63. The third kappa shape index (κ3) is 4.95. The summed E-state index contributed by atoms with van der Waals surface area (Å²) in [6, 6.07) is 6.15. The molecule has 0 aliphatic carbocycles. The Labute approximate surface area is 208 Å². The molecule has 7 nitrogen and oxygen atoms in total. The van der Waals surface area contributed by atoms with E-state index in [1.54, 1.807) is 6.20 Å². The van der Waals surface area contributed by atoms with Crippen LogP contribution in [-0.2, 0) is 11.5 Å². The maximum Gasteiger partial charge on any atom is 0.192 e. The summed E-state index contributed by atoms with van der Waals surface area (Å²) in [7, 11) is -0.00199. The lowest BCUT2D eigenvalue weighted by atomic mass is 9.87. The average Bonchev–Trinajstić information content (AvgIpc) is 3.32. The van der Waals surface area contributed by atoms with Crippen LogP contribution < -0.4 is 0 Å². The summed E-state index contributed by atoms with van der Waals surface area (Å²) in [6.07, 6.45) is 3.94. The highest BCUT2D eigenvalue weighted by Gasteiger charge is 2.39. The molecule has 0 fully saturated rings. The van der Waals surface area contributed by atoms with Gasteiger partial charge in [-0.05, 0) is 42.1 Å². The molecule has 0 aliphatic heterocycles. The number of nitrogens with zero attached hydrogens (tertiary/aromatic N) is 4. The summed E-state index contributed by atoms with van der Waals surface area (Å²) in [4.78, 5) is 23.0. The first-order chi connectivity index (χ1) is 16.2. The molecule has 4 aromatic rings. The molecule has 1 N–H and O–H groups in total. The second kappa shape index (κ2) is 8.67. The number of carbonyl (C=O) groups excluding carboxylic acids is 1. The van der Waals surface area contributed by atoms with Gasteiger partial charge in [0.25, 0.3) is 0 Å². The minimum absolute atomic E-state index is 0.0494. The van der Waals surface area contributed by atoms with Gasteiger partial charge in [0.2, 0.25) is 0 Å². The van der Waals surface area contributed by atoms with Gasteiger partial charge in [0.15, 0.2) is 19.7 Å². The number of aromatic amines is 1. The molecule has 0 radical (unpaired) electrons. The standard InChI is InChI=1S/C27H37N5O2Si/c1-17-10-11-18-20(12-17)30-31-23(18)21-14-28-25-24(29-21)19(15-32(25)7)22(33)13-27(5,6)16-34-35(8,9)26(2,3)4/h10-12,14-15H,13,16H2,1-9H3,(H,30,31). The molecular weight excluding hydrogens is 454 g/mol. The number of hydrogen-bond acceptors (Lipinski definition) is 5. The van der Waals surface area contributed by atoms with Gasteiger partial charge in [-0.15, -0.1) is 0 Å². The number of Topliss-reactive ketones (excluding diaryl/α,β-unsaturated/α-hetero) is 1. The molecule has 0 aliphatic rings. The molecule has 0 bridgehead atoms. The van der Waals surface area contributed by atoms with Crippen LogP contribution in [0, 0.1) is 12.3 Å². The highest BCUT2D eigenvalue weighted by atomic mass is 28.4. The summed E-state index contributed by atoms with van der Waals surface area (Å²) < 4.78 is 8.31. The van der Waals surface area contributed by atoms with Crippen molar-refractivity contribution < 1.29 is 9.22 Å². The van der Waals surface area contributed by atoms with Crippen molar-refractivity contribution in [3.05, 3.63) is 41.7 Å². The third-order valence-corrected chi connectivity index (χ3v) is 11.7. The van der Waals surface area contributed by atoms with E-state index in [2.05, 4.69) is 75.0 Å². The van der Waals surface area contributed by atoms with E-state index in [-0.39, 0.29) is 16.2 Å². The van der Waals surface area contributed by atoms with Crippen molar-refractivity contribution in [2.24, 2.45) is 12.5 Å². The zero-order valence-corrected chi connectivity index (χ0v) is 23.4. The number of hydrogen-bond donors (Lipinski definition) is 1. The highest BCUT2D eigenvalue weighted by molar-refractivity contribution is 6.74. The number of fused-ring (bicyclic) bond motifs is 2. The maximum absolute atomic E-state index is 13.5. The topological polar surface area (TPSA) is 85.7 Å². The molecule has 35 heavy (non-hydrogen) atoms. The van der Waals surface area contributed by atoms with Crippen LogP contribution in [0.15, 0.2) is 30.6 Å². The first kappa shape index (κ1) is 25.3. The molecule has 4 rings (SSSR count). The fourth-order valence-electron chi connectivity index (χ4n) is 3.96. The van der Waals surface area contributed by atoms with E-state index in [0.29, 0.717) is 35.4 Å². The molecule has 0 amide bonds. The van der Waals surface area contributed by atoms with E-state index in [1.807, 2.05) is 30.8 Å². The van der Waals surface area contributed by atoms with Crippen molar-refractivity contribution in [1.82, 2.24) is 24.7 Å². The molecule has 3 heterocycles. The van der Waals surface area contributed by atoms with Gasteiger partial charge in [-0.2, -0.15) is 5.10 Å². The summed E-state index contributed by atoms with van der Waals surface area (Å²) >= 11 is 0. The highest BCUT2D eigenvalue weighted by Crippen LogP contribution is 2.38. The molecule has 0 saturated carbocycles. The second-order valence-electron chi connectivity index (χ2n) is 12.0. The average molecular weight is 492 g/mol. The summed E-state index contributed by atoms with van der Waals surface area (Å²) in [5, 5.41) is 8.69. The lowest BCUT2D eigenvalue weighted by Crippen LogP contribution is -2.43. The van der Waals surface area contributed by atoms with Gasteiger partial charge in [0, 0.05) is 31.7 Å². The van der Waals surface area contributed by atoms with Crippen LogP contribution >= 0.6 is 0 Å². The van der Waals surface area contributed by atoms with E-state index >= 15 is 0 Å².